The molecule has 0 bridgehead atoms. The van der Waals surface area contributed by atoms with E-state index in [0.29, 0.717) is 0 Å². The molecule has 128 valence electrons. The number of esters is 1. The van der Waals surface area contributed by atoms with Crippen LogP contribution in [0.2, 0.25) is 0 Å². The molecule has 0 aliphatic heterocycles. The number of rotatable bonds is 1. The van der Waals surface area contributed by atoms with E-state index < -0.39 is 0 Å². The van der Waals surface area contributed by atoms with Gasteiger partial charge in [0, 0.05) is 12.3 Å². The molecule has 0 aromatic heterocycles. The first-order valence-electron chi connectivity index (χ1n) is 9.55. The van der Waals surface area contributed by atoms with Crippen LogP contribution in [-0.2, 0) is 9.53 Å². The van der Waals surface area contributed by atoms with Crippen molar-refractivity contribution < 1.29 is 14.6 Å². The standard InChI is InChI=1S/C20H30O3/c1-12(21)23-19-8-7-18-17-5-3-13-11-14(22)4-6-15(13)16(17)9-10-20(18,19)2/h11,14-19,22H,3-10H2,1-2H3/t14-,15-,16+,17+,18-,19-,20-/m0/s1. The molecular formula is C20H30O3. The lowest BCUT2D eigenvalue weighted by molar-refractivity contribution is -0.156. The van der Waals surface area contributed by atoms with Gasteiger partial charge in [-0.3, -0.25) is 4.79 Å². The van der Waals surface area contributed by atoms with Gasteiger partial charge in [0.15, 0.2) is 0 Å². The van der Waals surface area contributed by atoms with E-state index in [9.17, 15) is 9.90 Å². The predicted octanol–water partition coefficient (Wildman–Crippen LogP) is 3.85. The molecule has 0 aromatic rings. The second-order valence-corrected chi connectivity index (χ2v) is 8.69. The minimum absolute atomic E-state index is 0.117. The van der Waals surface area contributed by atoms with Crippen molar-refractivity contribution in [2.45, 2.75) is 77.4 Å². The molecule has 0 aromatic carbocycles. The van der Waals surface area contributed by atoms with Gasteiger partial charge in [-0.25, -0.2) is 0 Å². The molecule has 1 N–H and O–H groups in total. The van der Waals surface area contributed by atoms with Crippen molar-refractivity contribution in [1.29, 1.82) is 0 Å². The quantitative estimate of drug-likeness (QED) is 0.590. The van der Waals surface area contributed by atoms with Gasteiger partial charge < -0.3 is 9.84 Å². The summed E-state index contributed by atoms with van der Waals surface area (Å²) in [6, 6.07) is 0. The van der Waals surface area contributed by atoms with Gasteiger partial charge in [-0.1, -0.05) is 18.6 Å². The lowest BCUT2D eigenvalue weighted by Gasteiger charge is -2.53. The van der Waals surface area contributed by atoms with Gasteiger partial charge in [0.1, 0.15) is 6.10 Å². The molecule has 3 saturated carbocycles. The third-order valence-corrected chi connectivity index (χ3v) is 7.65. The van der Waals surface area contributed by atoms with Gasteiger partial charge in [-0.2, -0.15) is 0 Å². The Morgan fingerprint density at radius 3 is 2.78 bits per heavy atom. The van der Waals surface area contributed by atoms with Crippen molar-refractivity contribution in [1.82, 2.24) is 0 Å². The summed E-state index contributed by atoms with van der Waals surface area (Å²) in [5.74, 6) is 2.92. The second-order valence-electron chi connectivity index (χ2n) is 8.69. The average Bonchev–Trinajstić information content (AvgIpc) is 2.83. The molecule has 3 heteroatoms. The van der Waals surface area contributed by atoms with E-state index in [1.807, 2.05) is 0 Å². The van der Waals surface area contributed by atoms with Crippen LogP contribution >= 0.6 is 0 Å². The third-order valence-electron chi connectivity index (χ3n) is 7.65. The van der Waals surface area contributed by atoms with Crippen LogP contribution in [0.1, 0.15) is 65.2 Å². The molecule has 7 atom stereocenters. The Morgan fingerprint density at radius 2 is 2.00 bits per heavy atom. The summed E-state index contributed by atoms with van der Waals surface area (Å²) in [6.07, 6.45) is 11.4. The first-order chi connectivity index (χ1) is 11.0. The fourth-order valence-corrected chi connectivity index (χ4v) is 6.66. The van der Waals surface area contributed by atoms with Gasteiger partial charge in [0.05, 0.1) is 6.10 Å². The first kappa shape index (κ1) is 15.7. The number of hydrogen-bond acceptors (Lipinski definition) is 3. The molecule has 0 saturated heterocycles. The van der Waals surface area contributed by atoms with E-state index in [-0.39, 0.29) is 23.6 Å². The molecule has 0 heterocycles. The van der Waals surface area contributed by atoms with Crippen molar-refractivity contribution >= 4 is 5.97 Å². The first-order valence-corrected chi connectivity index (χ1v) is 9.55. The van der Waals surface area contributed by atoms with E-state index in [1.165, 1.54) is 38.5 Å². The van der Waals surface area contributed by atoms with E-state index >= 15 is 0 Å². The van der Waals surface area contributed by atoms with Crippen LogP contribution in [0.15, 0.2) is 11.6 Å². The fraction of sp³-hybridized carbons (Fsp3) is 0.850. The van der Waals surface area contributed by atoms with Crippen molar-refractivity contribution in [3.63, 3.8) is 0 Å². The Hall–Kier alpha value is -0.830. The van der Waals surface area contributed by atoms with Crippen LogP contribution in [0.5, 0.6) is 0 Å². The van der Waals surface area contributed by atoms with Crippen molar-refractivity contribution in [2.75, 3.05) is 0 Å². The number of aliphatic hydroxyl groups excluding tert-OH is 1. The maximum absolute atomic E-state index is 11.5. The fourth-order valence-electron chi connectivity index (χ4n) is 6.66. The Bertz CT molecular complexity index is 525. The molecule has 3 nitrogen and oxygen atoms in total. The number of allylic oxidation sites excluding steroid dienone is 1. The van der Waals surface area contributed by atoms with Crippen LogP contribution in [-0.4, -0.2) is 23.3 Å². The summed E-state index contributed by atoms with van der Waals surface area (Å²) in [5, 5.41) is 9.93. The van der Waals surface area contributed by atoms with Gasteiger partial charge in [0.25, 0.3) is 0 Å². The zero-order chi connectivity index (χ0) is 16.2. The Kier molecular flexibility index (Phi) is 3.83. The summed E-state index contributed by atoms with van der Waals surface area (Å²) < 4.78 is 5.70. The maximum atomic E-state index is 11.5. The predicted molar refractivity (Wildman–Crippen MR) is 88.6 cm³/mol. The lowest BCUT2D eigenvalue weighted by atomic mass is 9.52. The zero-order valence-electron chi connectivity index (χ0n) is 14.5. The smallest absolute Gasteiger partial charge is 0.302 e. The van der Waals surface area contributed by atoms with Crippen LogP contribution in [0, 0.1) is 29.1 Å². The number of carbonyl (C=O) groups is 1. The van der Waals surface area contributed by atoms with E-state index in [0.717, 1.165) is 36.5 Å². The van der Waals surface area contributed by atoms with Gasteiger partial charge in [-0.05, 0) is 75.0 Å². The normalized spacial score (nSPS) is 48.7. The summed E-state index contributed by atoms with van der Waals surface area (Å²) in [5.41, 5.74) is 1.74. The monoisotopic (exact) mass is 318 g/mol. The molecule has 0 radical (unpaired) electrons. The Labute approximate surface area is 139 Å². The molecule has 4 aliphatic rings. The summed E-state index contributed by atoms with van der Waals surface area (Å²) in [4.78, 5) is 11.5. The molecule has 3 fully saturated rings. The third kappa shape index (κ3) is 2.47. The summed E-state index contributed by atoms with van der Waals surface area (Å²) in [6.45, 7) is 3.93. The Balaban J connectivity index is 1.56. The van der Waals surface area contributed by atoms with Crippen LogP contribution < -0.4 is 0 Å². The SMILES string of the molecule is CC(=O)O[C@H]1CC[C@H]2[C@@H]3CCC4=C[C@@H](O)CC[C@@H]4[C@H]3CC[C@]12C. The number of aliphatic hydroxyl groups is 1. The second kappa shape index (κ2) is 5.61. The summed E-state index contributed by atoms with van der Waals surface area (Å²) >= 11 is 0. The van der Waals surface area contributed by atoms with Crippen LogP contribution in [0.3, 0.4) is 0 Å². The highest BCUT2D eigenvalue weighted by Crippen LogP contribution is 2.62. The number of fused-ring (bicyclic) bond motifs is 5. The molecular weight excluding hydrogens is 288 g/mol. The highest BCUT2D eigenvalue weighted by Gasteiger charge is 2.57. The molecule has 0 amide bonds. The molecule has 4 aliphatic carbocycles. The Morgan fingerprint density at radius 1 is 1.17 bits per heavy atom. The van der Waals surface area contributed by atoms with E-state index in [1.54, 1.807) is 12.5 Å². The minimum atomic E-state index is -0.202. The highest BCUT2D eigenvalue weighted by molar-refractivity contribution is 5.66. The number of carbonyl (C=O) groups excluding carboxylic acids is 1. The van der Waals surface area contributed by atoms with Crippen molar-refractivity contribution in [3.8, 4) is 0 Å². The lowest BCUT2D eigenvalue weighted by Crippen LogP contribution is -2.48. The van der Waals surface area contributed by atoms with Crippen molar-refractivity contribution in [3.05, 3.63) is 11.6 Å². The van der Waals surface area contributed by atoms with E-state index in [2.05, 4.69) is 13.0 Å². The van der Waals surface area contributed by atoms with Crippen molar-refractivity contribution in [2.24, 2.45) is 29.1 Å². The number of hydrogen-bond donors (Lipinski definition) is 1. The number of ether oxygens (including phenoxy) is 1. The van der Waals surface area contributed by atoms with Crippen LogP contribution in [0.25, 0.3) is 0 Å². The summed E-state index contributed by atoms with van der Waals surface area (Å²) in [7, 11) is 0. The molecule has 4 rings (SSSR count). The largest absolute Gasteiger partial charge is 0.462 e. The van der Waals surface area contributed by atoms with Gasteiger partial charge in [0.2, 0.25) is 0 Å². The highest BCUT2D eigenvalue weighted by atomic mass is 16.5. The molecule has 0 spiro atoms. The topological polar surface area (TPSA) is 46.5 Å². The van der Waals surface area contributed by atoms with Crippen LogP contribution in [0.4, 0.5) is 0 Å². The van der Waals surface area contributed by atoms with Gasteiger partial charge in [-0.15, -0.1) is 0 Å². The minimum Gasteiger partial charge on any atom is -0.462 e. The van der Waals surface area contributed by atoms with Gasteiger partial charge >= 0.3 is 5.97 Å². The maximum Gasteiger partial charge on any atom is 0.302 e. The molecule has 23 heavy (non-hydrogen) atoms. The van der Waals surface area contributed by atoms with E-state index in [4.69, 9.17) is 4.74 Å². The zero-order valence-corrected chi connectivity index (χ0v) is 14.5. The average molecular weight is 318 g/mol. The molecule has 0 unspecified atom stereocenters.